The summed E-state index contributed by atoms with van der Waals surface area (Å²) in [4.78, 5) is 14.0. The van der Waals surface area contributed by atoms with Crippen LogP contribution in [0.3, 0.4) is 0 Å². The molecule has 0 aliphatic carbocycles. The van der Waals surface area contributed by atoms with Gasteiger partial charge in [-0.3, -0.25) is 4.79 Å². The number of aryl methyl sites for hydroxylation is 1. The Morgan fingerprint density at radius 3 is 2.35 bits per heavy atom. The molecule has 0 saturated heterocycles. The Morgan fingerprint density at radius 1 is 1.24 bits per heavy atom. The van der Waals surface area contributed by atoms with Crippen molar-refractivity contribution in [3.8, 4) is 0 Å². The molecule has 0 spiro atoms. The van der Waals surface area contributed by atoms with Crippen molar-refractivity contribution in [3.63, 3.8) is 0 Å². The second kappa shape index (κ2) is 6.28. The minimum absolute atomic E-state index is 0.112. The van der Waals surface area contributed by atoms with Gasteiger partial charge in [-0.15, -0.1) is 0 Å². The van der Waals surface area contributed by atoms with Crippen LogP contribution in [0.15, 0.2) is 18.2 Å². The van der Waals surface area contributed by atoms with Gasteiger partial charge in [-0.05, 0) is 51.5 Å². The Balaban J connectivity index is 2.93. The second-order valence-corrected chi connectivity index (χ2v) is 4.04. The van der Waals surface area contributed by atoms with Crippen molar-refractivity contribution in [1.29, 1.82) is 0 Å². The molecule has 0 aliphatic heterocycles. The van der Waals surface area contributed by atoms with Gasteiger partial charge in [-0.2, -0.15) is 0 Å². The van der Waals surface area contributed by atoms with Gasteiger partial charge in [0.05, 0.1) is 0 Å². The molecule has 0 heterocycles. The largest absolute Gasteiger partial charge is 0.385 e. The fourth-order valence-electron chi connectivity index (χ4n) is 1.88. The lowest BCUT2D eigenvalue weighted by atomic mass is 10.1. The van der Waals surface area contributed by atoms with Crippen molar-refractivity contribution >= 4 is 11.6 Å². The first kappa shape index (κ1) is 13.6. The number of carbonyl (C=O) groups excluding carboxylic acids is 1. The minimum atomic E-state index is 0.112. The molecule has 17 heavy (non-hydrogen) atoms. The Bertz CT molecular complexity index is 384. The smallest absolute Gasteiger partial charge is 0.253 e. The van der Waals surface area contributed by atoms with Crippen LogP contribution in [-0.4, -0.2) is 30.4 Å². The molecule has 1 N–H and O–H groups in total. The van der Waals surface area contributed by atoms with Gasteiger partial charge in [0.25, 0.3) is 5.91 Å². The monoisotopic (exact) mass is 234 g/mol. The van der Waals surface area contributed by atoms with Crippen LogP contribution < -0.4 is 5.32 Å². The van der Waals surface area contributed by atoms with E-state index in [1.807, 2.05) is 43.9 Å². The van der Waals surface area contributed by atoms with Gasteiger partial charge in [0.1, 0.15) is 0 Å². The third-order valence-corrected chi connectivity index (χ3v) is 2.89. The molecule has 0 aliphatic rings. The molecule has 0 fully saturated rings. The molecule has 1 aromatic rings. The van der Waals surface area contributed by atoms with E-state index in [0.717, 1.165) is 36.4 Å². The highest BCUT2D eigenvalue weighted by Crippen LogP contribution is 2.17. The fraction of sp³-hybridized carbons (Fsp3) is 0.500. The zero-order valence-corrected chi connectivity index (χ0v) is 11.2. The summed E-state index contributed by atoms with van der Waals surface area (Å²) >= 11 is 0. The molecule has 1 rings (SSSR count). The molecule has 0 unspecified atom stereocenters. The Kier molecular flexibility index (Phi) is 5.01. The van der Waals surface area contributed by atoms with Crippen molar-refractivity contribution in [2.24, 2.45) is 0 Å². The van der Waals surface area contributed by atoms with Crippen LogP contribution in [0.25, 0.3) is 0 Å². The van der Waals surface area contributed by atoms with Crippen LogP contribution in [0.2, 0.25) is 0 Å². The van der Waals surface area contributed by atoms with E-state index in [1.54, 1.807) is 0 Å². The van der Waals surface area contributed by atoms with Gasteiger partial charge >= 0.3 is 0 Å². The molecule has 0 atom stereocenters. The van der Waals surface area contributed by atoms with Crippen LogP contribution in [0.5, 0.6) is 0 Å². The number of hydrogen-bond acceptors (Lipinski definition) is 2. The molecule has 3 heteroatoms. The summed E-state index contributed by atoms with van der Waals surface area (Å²) in [6.45, 7) is 10.5. The summed E-state index contributed by atoms with van der Waals surface area (Å²) in [6.07, 6.45) is 0. The van der Waals surface area contributed by atoms with Crippen LogP contribution in [0.4, 0.5) is 5.69 Å². The zero-order chi connectivity index (χ0) is 12.8. The van der Waals surface area contributed by atoms with Crippen molar-refractivity contribution in [1.82, 2.24) is 4.90 Å². The van der Waals surface area contributed by atoms with E-state index in [0.29, 0.717) is 0 Å². The lowest BCUT2D eigenvalue weighted by Crippen LogP contribution is -2.30. The molecule has 0 radical (unpaired) electrons. The topological polar surface area (TPSA) is 32.3 Å². The van der Waals surface area contributed by atoms with Gasteiger partial charge in [-0.25, -0.2) is 0 Å². The van der Waals surface area contributed by atoms with Crippen molar-refractivity contribution in [2.45, 2.75) is 27.7 Å². The number of amides is 1. The summed E-state index contributed by atoms with van der Waals surface area (Å²) in [6, 6.07) is 5.83. The van der Waals surface area contributed by atoms with Gasteiger partial charge in [0, 0.05) is 30.9 Å². The number of nitrogens with one attached hydrogen (secondary N) is 1. The average molecular weight is 234 g/mol. The molecule has 0 aromatic heterocycles. The van der Waals surface area contributed by atoms with Crippen molar-refractivity contribution in [3.05, 3.63) is 29.3 Å². The van der Waals surface area contributed by atoms with Gasteiger partial charge < -0.3 is 10.2 Å². The van der Waals surface area contributed by atoms with Gasteiger partial charge in [0.15, 0.2) is 0 Å². The fourth-order valence-corrected chi connectivity index (χ4v) is 1.88. The van der Waals surface area contributed by atoms with E-state index in [9.17, 15) is 4.79 Å². The normalized spacial score (nSPS) is 10.1. The summed E-state index contributed by atoms with van der Waals surface area (Å²) in [5.41, 5.74) is 2.99. The minimum Gasteiger partial charge on any atom is -0.385 e. The maximum atomic E-state index is 12.1. The number of benzene rings is 1. The van der Waals surface area contributed by atoms with E-state index in [-0.39, 0.29) is 5.91 Å². The molecular formula is C14H22N2O. The lowest BCUT2D eigenvalue weighted by molar-refractivity contribution is 0.0773. The number of anilines is 1. The van der Waals surface area contributed by atoms with E-state index >= 15 is 0 Å². The maximum absolute atomic E-state index is 12.1. The molecule has 94 valence electrons. The number of carbonyl (C=O) groups is 1. The molecule has 0 saturated carbocycles. The van der Waals surface area contributed by atoms with Crippen LogP contribution in [-0.2, 0) is 0 Å². The first-order valence-corrected chi connectivity index (χ1v) is 6.27. The highest BCUT2D eigenvalue weighted by molar-refractivity contribution is 5.94. The highest BCUT2D eigenvalue weighted by Gasteiger charge is 2.12. The van der Waals surface area contributed by atoms with E-state index < -0.39 is 0 Å². The number of hydrogen-bond donors (Lipinski definition) is 1. The summed E-state index contributed by atoms with van der Waals surface area (Å²) < 4.78 is 0. The standard InChI is InChI=1S/C14H22N2O/c1-5-15-13-9-8-12(10-11(13)4)14(17)16(6-2)7-3/h8-10,15H,5-7H2,1-4H3. The average Bonchev–Trinajstić information content (AvgIpc) is 2.33. The summed E-state index contributed by atoms with van der Waals surface area (Å²) in [5, 5.41) is 3.27. The molecule has 1 amide bonds. The van der Waals surface area contributed by atoms with Gasteiger partial charge in [0.2, 0.25) is 0 Å². The SMILES string of the molecule is CCNc1ccc(C(=O)N(CC)CC)cc1C. The highest BCUT2D eigenvalue weighted by atomic mass is 16.2. The zero-order valence-electron chi connectivity index (χ0n) is 11.2. The lowest BCUT2D eigenvalue weighted by Gasteiger charge is -2.19. The Labute approximate surface area is 104 Å². The predicted molar refractivity (Wildman–Crippen MR) is 72.6 cm³/mol. The van der Waals surface area contributed by atoms with E-state index in [2.05, 4.69) is 12.2 Å². The Morgan fingerprint density at radius 2 is 1.88 bits per heavy atom. The van der Waals surface area contributed by atoms with E-state index in [4.69, 9.17) is 0 Å². The first-order valence-electron chi connectivity index (χ1n) is 6.27. The van der Waals surface area contributed by atoms with Crippen LogP contribution in [0.1, 0.15) is 36.7 Å². The van der Waals surface area contributed by atoms with Crippen molar-refractivity contribution in [2.75, 3.05) is 25.0 Å². The third kappa shape index (κ3) is 3.22. The molecular weight excluding hydrogens is 212 g/mol. The number of nitrogens with zero attached hydrogens (tertiary/aromatic N) is 1. The summed E-state index contributed by atoms with van der Waals surface area (Å²) in [7, 11) is 0. The second-order valence-electron chi connectivity index (χ2n) is 4.04. The maximum Gasteiger partial charge on any atom is 0.253 e. The first-order chi connectivity index (χ1) is 8.13. The number of rotatable bonds is 5. The predicted octanol–water partition coefficient (Wildman–Crippen LogP) is 2.91. The van der Waals surface area contributed by atoms with Crippen LogP contribution in [0, 0.1) is 6.92 Å². The Hall–Kier alpha value is -1.51. The van der Waals surface area contributed by atoms with Gasteiger partial charge in [-0.1, -0.05) is 0 Å². The molecule has 0 bridgehead atoms. The third-order valence-electron chi connectivity index (χ3n) is 2.89. The quantitative estimate of drug-likeness (QED) is 0.849. The van der Waals surface area contributed by atoms with Crippen LogP contribution >= 0.6 is 0 Å². The molecule has 3 nitrogen and oxygen atoms in total. The van der Waals surface area contributed by atoms with Crippen molar-refractivity contribution < 1.29 is 4.79 Å². The summed E-state index contributed by atoms with van der Waals surface area (Å²) in [5.74, 6) is 0.112. The molecule has 1 aromatic carbocycles. The van der Waals surface area contributed by atoms with E-state index in [1.165, 1.54) is 0 Å².